The number of nitrogens with zero attached hydrogens (tertiary/aromatic N) is 1. The number of aliphatic hydroxyl groups is 3. The van der Waals surface area contributed by atoms with Crippen LogP contribution in [0.2, 0.25) is 0 Å². The summed E-state index contributed by atoms with van der Waals surface area (Å²) in [6.07, 6.45) is -8.00. The van der Waals surface area contributed by atoms with Gasteiger partial charge in [0.1, 0.15) is 29.7 Å². The summed E-state index contributed by atoms with van der Waals surface area (Å²) >= 11 is 0. The molecule has 0 saturated carbocycles. The standard InChI is InChI=1S/C45H76N2O13/c1-15-33-45(10,52)38(49)26(4)35(48)24(2)21-44(9,54-14)40(27(5)36(28(6)41(51)58-33)59-34-22-43(8,53-13)39(50)29(7)57-34)60-42-37(32(47(11)12)20-25(3)56-42)55-23-30-16-18-31(46)19-17-30/h16-19,24-29,32-34,36-40,42,49-50,52H,15,20-23,46H2,1-14H3/t24-,25-,26+,27+,28-,29+,32+,33-,34+,36+,37-,38-,39+,40-,42+,43-,44+,45-/m1/s1. The van der Waals surface area contributed by atoms with Crippen LogP contribution in [0, 0.1) is 23.7 Å². The summed E-state index contributed by atoms with van der Waals surface area (Å²) in [5, 5.41) is 34.4. The molecule has 3 heterocycles. The van der Waals surface area contributed by atoms with Gasteiger partial charge in [-0.1, -0.05) is 39.8 Å². The van der Waals surface area contributed by atoms with E-state index in [1.165, 1.54) is 14.0 Å². The number of methoxy groups -OCH3 is 2. The molecule has 1 aromatic rings. The van der Waals surface area contributed by atoms with E-state index in [-0.39, 0.29) is 43.8 Å². The van der Waals surface area contributed by atoms with Gasteiger partial charge in [-0.25, -0.2) is 0 Å². The molecule has 0 aliphatic carbocycles. The molecule has 0 amide bonds. The molecule has 0 radical (unpaired) electrons. The van der Waals surface area contributed by atoms with Gasteiger partial charge in [-0.3, -0.25) is 9.59 Å². The number of ether oxygens (including phenoxy) is 8. The highest BCUT2D eigenvalue weighted by Gasteiger charge is 2.54. The Balaban J connectivity index is 1.88. The maximum absolute atomic E-state index is 14.4. The third-order valence-electron chi connectivity index (χ3n) is 13.7. The fraction of sp³-hybridized carbons (Fsp3) is 0.822. The van der Waals surface area contributed by atoms with Crippen LogP contribution in [0.1, 0.15) is 100 Å². The number of hydrogen-bond donors (Lipinski definition) is 4. The number of aliphatic hydroxyl groups excluding tert-OH is 2. The first-order chi connectivity index (χ1) is 27.9. The number of rotatable bonds is 11. The summed E-state index contributed by atoms with van der Waals surface area (Å²) in [4.78, 5) is 30.7. The molecule has 0 bridgehead atoms. The van der Waals surface area contributed by atoms with E-state index in [1.54, 1.807) is 48.7 Å². The molecular weight excluding hydrogens is 776 g/mol. The lowest BCUT2D eigenvalue weighted by Gasteiger charge is -2.50. The van der Waals surface area contributed by atoms with E-state index in [0.29, 0.717) is 12.1 Å². The molecule has 1 aromatic carbocycles. The second-order valence-electron chi connectivity index (χ2n) is 18.7. The van der Waals surface area contributed by atoms with Crippen molar-refractivity contribution in [2.75, 3.05) is 34.0 Å². The van der Waals surface area contributed by atoms with Gasteiger partial charge in [0.25, 0.3) is 0 Å². The van der Waals surface area contributed by atoms with Crippen LogP contribution >= 0.6 is 0 Å². The average molecular weight is 853 g/mol. The molecule has 3 fully saturated rings. The Kier molecular flexibility index (Phi) is 17.2. The van der Waals surface area contributed by atoms with Gasteiger partial charge in [-0.15, -0.1) is 0 Å². The van der Waals surface area contributed by atoms with Gasteiger partial charge in [0.05, 0.1) is 54.2 Å². The van der Waals surface area contributed by atoms with Crippen molar-refractivity contribution in [1.82, 2.24) is 4.90 Å². The second-order valence-corrected chi connectivity index (χ2v) is 18.7. The van der Waals surface area contributed by atoms with E-state index in [2.05, 4.69) is 4.90 Å². The van der Waals surface area contributed by atoms with Crippen molar-refractivity contribution in [2.45, 2.75) is 186 Å². The van der Waals surface area contributed by atoms with E-state index < -0.39 is 102 Å². The number of carbonyl (C=O) groups excluding carboxylic acids is 2. The number of cyclic esters (lactones) is 1. The van der Waals surface area contributed by atoms with Crippen molar-refractivity contribution >= 4 is 17.4 Å². The number of hydrogen-bond acceptors (Lipinski definition) is 15. The van der Waals surface area contributed by atoms with Crippen LogP contribution in [0.3, 0.4) is 0 Å². The molecule has 15 nitrogen and oxygen atoms in total. The molecule has 0 spiro atoms. The first kappa shape index (κ1) is 50.4. The van der Waals surface area contributed by atoms with E-state index in [1.807, 2.05) is 59.1 Å². The molecule has 3 aliphatic rings. The molecular formula is C45H76N2O13. The number of nitrogens with two attached hydrogens (primary N) is 1. The maximum Gasteiger partial charge on any atom is 0.311 e. The van der Waals surface area contributed by atoms with Gasteiger partial charge in [0.15, 0.2) is 12.6 Å². The summed E-state index contributed by atoms with van der Waals surface area (Å²) < 4.78 is 52.0. The molecule has 0 aromatic heterocycles. The highest BCUT2D eigenvalue weighted by atomic mass is 16.7. The van der Waals surface area contributed by atoms with Crippen LogP contribution in [-0.2, 0) is 54.1 Å². The molecule has 4 rings (SSSR count). The maximum atomic E-state index is 14.4. The lowest BCUT2D eigenvalue weighted by atomic mass is 9.74. The number of esters is 1. The topological polar surface area (TPSA) is 198 Å². The van der Waals surface area contributed by atoms with Crippen LogP contribution < -0.4 is 5.73 Å². The second kappa shape index (κ2) is 20.5. The Morgan fingerprint density at radius 1 is 0.850 bits per heavy atom. The van der Waals surface area contributed by atoms with Crippen molar-refractivity contribution in [2.24, 2.45) is 23.7 Å². The number of carbonyl (C=O) groups is 2. The Morgan fingerprint density at radius 2 is 1.47 bits per heavy atom. The van der Waals surface area contributed by atoms with E-state index in [0.717, 1.165) is 5.56 Å². The van der Waals surface area contributed by atoms with E-state index in [4.69, 9.17) is 43.6 Å². The SMILES string of the molecule is CC[C@H]1OC(=O)[C@H](C)[C@@H](O[C@H]2C[C@@](C)(OC)[C@@H](O)[C@H](C)O2)[C@H](C)[C@@H](O[C@@H]2O[C@H](C)C[C@H](N(C)C)[C@H]2OCc2ccc(N)cc2)[C@@](C)(OC)C[C@@H](C)C(=O)[C@H](C)[C@@H](O)[C@]1(C)O. The van der Waals surface area contributed by atoms with Crippen molar-refractivity contribution in [3.63, 3.8) is 0 Å². The summed E-state index contributed by atoms with van der Waals surface area (Å²) in [6.45, 7) is 17.6. The van der Waals surface area contributed by atoms with Gasteiger partial charge in [-0.05, 0) is 92.6 Å². The lowest BCUT2D eigenvalue weighted by molar-refractivity contribution is -0.323. The number of nitrogen functional groups attached to an aromatic ring is 1. The zero-order valence-corrected chi connectivity index (χ0v) is 38.5. The molecule has 0 unspecified atom stereocenters. The first-order valence-corrected chi connectivity index (χ1v) is 21.6. The highest BCUT2D eigenvalue weighted by Crippen LogP contribution is 2.42. The van der Waals surface area contributed by atoms with E-state index >= 15 is 0 Å². The smallest absolute Gasteiger partial charge is 0.311 e. The van der Waals surface area contributed by atoms with Crippen molar-refractivity contribution in [3.8, 4) is 0 Å². The minimum absolute atomic E-state index is 0.126. The normalized spacial score (nSPS) is 44.0. The van der Waals surface area contributed by atoms with Crippen molar-refractivity contribution in [3.05, 3.63) is 29.8 Å². The molecule has 3 saturated heterocycles. The third-order valence-corrected chi connectivity index (χ3v) is 13.7. The molecule has 344 valence electrons. The third kappa shape index (κ3) is 11.1. The Hall–Kier alpha value is -2.28. The van der Waals surface area contributed by atoms with Gasteiger partial charge < -0.3 is 63.8 Å². The zero-order chi connectivity index (χ0) is 45.1. The molecule has 5 N–H and O–H groups in total. The number of anilines is 1. The first-order valence-electron chi connectivity index (χ1n) is 21.6. The fourth-order valence-electron chi connectivity index (χ4n) is 9.56. The van der Waals surface area contributed by atoms with Gasteiger partial charge in [-0.2, -0.15) is 0 Å². The predicted octanol–water partition coefficient (Wildman–Crippen LogP) is 4.25. The van der Waals surface area contributed by atoms with Crippen LogP contribution in [0.5, 0.6) is 0 Å². The highest BCUT2D eigenvalue weighted by molar-refractivity contribution is 5.83. The lowest BCUT2D eigenvalue weighted by Crippen LogP contribution is -2.61. The minimum Gasteiger partial charge on any atom is -0.459 e. The number of Topliss-reactive ketones (excluding diaryl/α,β-unsaturated/α-hetero) is 1. The Labute approximate surface area is 357 Å². The largest absolute Gasteiger partial charge is 0.459 e. The molecule has 15 heteroatoms. The Bertz CT molecular complexity index is 1550. The fourth-order valence-corrected chi connectivity index (χ4v) is 9.56. The van der Waals surface area contributed by atoms with Crippen molar-refractivity contribution < 1.29 is 62.8 Å². The summed E-state index contributed by atoms with van der Waals surface area (Å²) in [5.41, 5.74) is 3.26. The predicted molar refractivity (Wildman–Crippen MR) is 224 cm³/mol. The van der Waals surface area contributed by atoms with Gasteiger partial charge in [0, 0.05) is 50.1 Å². The molecule has 60 heavy (non-hydrogen) atoms. The quantitative estimate of drug-likeness (QED) is 0.182. The van der Waals surface area contributed by atoms with Crippen LogP contribution in [0.15, 0.2) is 24.3 Å². The van der Waals surface area contributed by atoms with Crippen molar-refractivity contribution in [1.29, 1.82) is 0 Å². The number of ketones is 1. The summed E-state index contributed by atoms with van der Waals surface area (Å²) in [7, 11) is 7.03. The van der Waals surface area contributed by atoms with Crippen LogP contribution in [0.4, 0.5) is 5.69 Å². The van der Waals surface area contributed by atoms with Crippen LogP contribution in [-0.4, -0.2) is 145 Å². The Morgan fingerprint density at radius 3 is 2.03 bits per heavy atom. The van der Waals surface area contributed by atoms with Crippen LogP contribution in [0.25, 0.3) is 0 Å². The monoisotopic (exact) mass is 853 g/mol. The zero-order valence-electron chi connectivity index (χ0n) is 38.5. The molecule has 18 atom stereocenters. The minimum atomic E-state index is -1.97. The number of likely N-dealkylation sites (N-methyl/N-ethyl adjacent to an activating group) is 1. The average Bonchev–Trinajstić information content (AvgIpc) is 3.20. The van der Waals surface area contributed by atoms with E-state index in [9.17, 15) is 24.9 Å². The summed E-state index contributed by atoms with van der Waals surface area (Å²) in [5.74, 6) is -4.44. The van der Waals surface area contributed by atoms with Gasteiger partial charge >= 0.3 is 5.97 Å². The van der Waals surface area contributed by atoms with Gasteiger partial charge in [0.2, 0.25) is 0 Å². The number of benzene rings is 1. The molecule has 3 aliphatic heterocycles. The summed E-state index contributed by atoms with van der Waals surface area (Å²) in [6, 6.07) is 7.33.